The van der Waals surface area contributed by atoms with Crippen LogP contribution in [0, 0.1) is 0 Å². The highest BCUT2D eigenvalue weighted by Crippen LogP contribution is 1.60. The molecular weight excluding hydrogens is 124 g/mol. The molecule has 0 aromatic rings. The summed E-state index contributed by atoms with van der Waals surface area (Å²) in [5.41, 5.74) is 4.66. The predicted octanol–water partition coefficient (Wildman–Crippen LogP) is -2.42. The number of nitrogens with two attached hydrogens (primary N) is 1. The summed E-state index contributed by atoms with van der Waals surface area (Å²) < 4.78 is 0. The molecule has 0 radical (unpaired) electrons. The lowest BCUT2D eigenvalue weighted by atomic mass is 10.5. The van der Waals surface area contributed by atoms with Gasteiger partial charge >= 0.3 is 0 Å². The number of primary amides is 1. The molecule has 0 aromatic carbocycles. The highest BCUT2D eigenvalue weighted by Gasteiger charge is 1.97. The fourth-order valence-electron chi connectivity index (χ4n) is 0.242. The lowest BCUT2D eigenvalue weighted by Crippen LogP contribution is -2.34. The fraction of sp³-hybridized carbons (Fsp3) is 0.500. The molecule has 0 aromatic heterocycles. The highest BCUT2D eigenvalue weighted by molar-refractivity contribution is 5.84. The van der Waals surface area contributed by atoms with Gasteiger partial charge in [0.2, 0.25) is 11.8 Å². The number of rotatable bonds is 3. The van der Waals surface area contributed by atoms with Crippen molar-refractivity contribution in [2.75, 3.05) is 13.2 Å². The Hall–Kier alpha value is -1.10. The quantitative estimate of drug-likeness (QED) is 0.399. The summed E-state index contributed by atoms with van der Waals surface area (Å²) in [6.07, 6.45) is 0. The van der Waals surface area contributed by atoms with E-state index < -0.39 is 18.4 Å². The zero-order valence-electron chi connectivity index (χ0n) is 4.76. The van der Waals surface area contributed by atoms with Gasteiger partial charge in [-0.25, -0.2) is 0 Å². The van der Waals surface area contributed by atoms with Gasteiger partial charge < -0.3 is 16.2 Å². The number of carbonyl (C=O) groups excluding carboxylic acids is 2. The number of aliphatic hydroxyl groups excluding tert-OH is 1. The van der Waals surface area contributed by atoms with Gasteiger partial charge in [0.25, 0.3) is 0 Å². The van der Waals surface area contributed by atoms with E-state index in [0.717, 1.165) is 0 Å². The first kappa shape index (κ1) is 7.90. The van der Waals surface area contributed by atoms with Crippen LogP contribution in [0.15, 0.2) is 0 Å². The zero-order valence-corrected chi connectivity index (χ0v) is 4.76. The highest BCUT2D eigenvalue weighted by atomic mass is 16.3. The van der Waals surface area contributed by atoms with Gasteiger partial charge in [0.1, 0.15) is 6.61 Å². The topological polar surface area (TPSA) is 92.4 Å². The van der Waals surface area contributed by atoms with Crippen LogP contribution in [-0.4, -0.2) is 30.1 Å². The molecule has 2 amide bonds. The third-order valence-corrected chi connectivity index (χ3v) is 0.603. The van der Waals surface area contributed by atoms with Crippen LogP contribution >= 0.6 is 0 Å². The van der Waals surface area contributed by atoms with Gasteiger partial charge in [0.15, 0.2) is 0 Å². The van der Waals surface area contributed by atoms with E-state index >= 15 is 0 Å². The summed E-state index contributed by atoms with van der Waals surface area (Å²) in [5.74, 6) is -1.23. The van der Waals surface area contributed by atoms with Crippen molar-refractivity contribution >= 4 is 11.8 Å². The second-order valence-corrected chi connectivity index (χ2v) is 1.40. The Morgan fingerprint density at radius 3 is 2.44 bits per heavy atom. The number of aliphatic hydroxyl groups is 1. The van der Waals surface area contributed by atoms with Gasteiger partial charge in [0, 0.05) is 0 Å². The Morgan fingerprint density at radius 1 is 1.56 bits per heavy atom. The lowest BCUT2D eigenvalue weighted by molar-refractivity contribution is -0.126. The minimum absolute atomic E-state index is 0.223. The lowest BCUT2D eigenvalue weighted by Gasteiger charge is -1.96. The Bertz CT molecular complexity index is 123. The van der Waals surface area contributed by atoms with Crippen LogP contribution in [0.4, 0.5) is 0 Å². The first-order valence-electron chi connectivity index (χ1n) is 2.32. The van der Waals surface area contributed by atoms with Crippen LogP contribution in [-0.2, 0) is 9.59 Å². The fourth-order valence-corrected chi connectivity index (χ4v) is 0.242. The second-order valence-electron chi connectivity index (χ2n) is 1.40. The molecule has 0 heterocycles. The molecule has 5 nitrogen and oxygen atoms in total. The van der Waals surface area contributed by atoms with E-state index in [1.165, 1.54) is 0 Å². The molecule has 0 atom stereocenters. The van der Waals surface area contributed by atoms with E-state index in [1.54, 1.807) is 0 Å². The van der Waals surface area contributed by atoms with Crippen molar-refractivity contribution in [1.82, 2.24) is 5.32 Å². The summed E-state index contributed by atoms with van der Waals surface area (Å²) in [6, 6.07) is 0. The van der Waals surface area contributed by atoms with Gasteiger partial charge in [-0.2, -0.15) is 0 Å². The molecule has 0 fully saturated rings. The predicted molar refractivity (Wildman–Crippen MR) is 29.3 cm³/mol. The van der Waals surface area contributed by atoms with Crippen LogP contribution in [0.2, 0.25) is 0 Å². The van der Waals surface area contributed by atoms with Crippen LogP contribution in [0.25, 0.3) is 0 Å². The number of carbonyl (C=O) groups is 2. The maximum atomic E-state index is 10.1. The molecule has 0 unspecified atom stereocenters. The maximum Gasteiger partial charge on any atom is 0.246 e. The van der Waals surface area contributed by atoms with Crippen LogP contribution in [0.5, 0.6) is 0 Å². The van der Waals surface area contributed by atoms with Gasteiger partial charge in [-0.15, -0.1) is 0 Å². The number of hydrogen-bond acceptors (Lipinski definition) is 3. The summed E-state index contributed by atoms with van der Waals surface area (Å²) in [4.78, 5) is 20.1. The zero-order chi connectivity index (χ0) is 7.28. The molecule has 0 saturated heterocycles. The van der Waals surface area contributed by atoms with Gasteiger partial charge in [0.05, 0.1) is 6.54 Å². The average Bonchev–Trinajstić information content (AvgIpc) is 1.83. The van der Waals surface area contributed by atoms with E-state index in [2.05, 4.69) is 11.1 Å². The number of hydrogen-bond donors (Lipinski definition) is 3. The van der Waals surface area contributed by atoms with Crippen molar-refractivity contribution in [3.05, 3.63) is 0 Å². The molecule has 0 bridgehead atoms. The minimum atomic E-state index is -0.628. The van der Waals surface area contributed by atoms with Crippen LogP contribution in [0.3, 0.4) is 0 Å². The minimum Gasteiger partial charge on any atom is -0.387 e. The number of amides is 2. The first-order valence-corrected chi connectivity index (χ1v) is 2.32. The molecule has 4 N–H and O–H groups in total. The first-order chi connectivity index (χ1) is 4.16. The molecule has 52 valence electrons. The van der Waals surface area contributed by atoms with E-state index in [4.69, 9.17) is 5.11 Å². The van der Waals surface area contributed by atoms with Crippen molar-refractivity contribution < 1.29 is 14.7 Å². The standard InChI is InChI=1S/C4H8N2O3/c5-3(8)1-6-4(9)2-7/h7H,1-2H2,(H2,5,8)(H,6,9). The Morgan fingerprint density at radius 2 is 2.11 bits per heavy atom. The molecule has 0 aliphatic heterocycles. The Labute approximate surface area is 51.8 Å². The Balaban J connectivity index is 3.28. The third-order valence-electron chi connectivity index (χ3n) is 0.603. The summed E-state index contributed by atoms with van der Waals surface area (Å²) >= 11 is 0. The molecule has 0 aliphatic carbocycles. The normalized spacial score (nSPS) is 8.56. The summed E-state index contributed by atoms with van der Waals surface area (Å²) in [5, 5.41) is 10.2. The van der Waals surface area contributed by atoms with Crippen molar-refractivity contribution in [1.29, 1.82) is 0 Å². The largest absolute Gasteiger partial charge is 0.387 e. The monoisotopic (exact) mass is 132 g/mol. The smallest absolute Gasteiger partial charge is 0.246 e. The van der Waals surface area contributed by atoms with Crippen LogP contribution < -0.4 is 11.1 Å². The van der Waals surface area contributed by atoms with E-state index in [9.17, 15) is 9.59 Å². The van der Waals surface area contributed by atoms with Gasteiger partial charge in [-0.05, 0) is 0 Å². The van der Waals surface area contributed by atoms with Crippen LogP contribution in [0.1, 0.15) is 0 Å². The Kier molecular flexibility index (Phi) is 3.38. The summed E-state index contributed by atoms with van der Waals surface area (Å²) in [6.45, 7) is -0.841. The summed E-state index contributed by atoms with van der Waals surface area (Å²) in [7, 11) is 0. The van der Waals surface area contributed by atoms with E-state index in [1.807, 2.05) is 0 Å². The van der Waals surface area contributed by atoms with Crippen molar-refractivity contribution in [2.45, 2.75) is 0 Å². The molecule has 5 heteroatoms. The molecule has 0 aliphatic rings. The van der Waals surface area contributed by atoms with Gasteiger partial charge in [-0.3, -0.25) is 9.59 Å². The molecular formula is C4H8N2O3. The molecule has 0 spiro atoms. The van der Waals surface area contributed by atoms with Gasteiger partial charge in [-0.1, -0.05) is 0 Å². The second kappa shape index (κ2) is 3.85. The SMILES string of the molecule is NC(=O)CNC(=O)CO. The molecule has 0 saturated carbocycles. The third kappa shape index (κ3) is 4.76. The van der Waals surface area contributed by atoms with Crippen molar-refractivity contribution in [3.63, 3.8) is 0 Å². The van der Waals surface area contributed by atoms with E-state index in [-0.39, 0.29) is 6.54 Å². The molecule has 9 heavy (non-hydrogen) atoms. The maximum absolute atomic E-state index is 10.1. The number of nitrogens with one attached hydrogen (secondary N) is 1. The van der Waals surface area contributed by atoms with Crippen molar-refractivity contribution in [2.24, 2.45) is 5.73 Å². The van der Waals surface area contributed by atoms with Crippen molar-refractivity contribution in [3.8, 4) is 0 Å². The molecule has 0 rings (SSSR count). The van der Waals surface area contributed by atoms with E-state index in [0.29, 0.717) is 0 Å². The average molecular weight is 132 g/mol.